The molecule has 2 aromatic rings. The van der Waals surface area contributed by atoms with Crippen LogP contribution in [0.25, 0.3) is 10.8 Å². The molecule has 0 fully saturated rings. The summed E-state index contributed by atoms with van der Waals surface area (Å²) >= 11 is 0. The van der Waals surface area contributed by atoms with E-state index in [0.29, 0.717) is 6.54 Å². The van der Waals surface area contributed by atoms with Crippen LogP contribution in [0.3, 0.4) is 0 Å². The monoisotopic (exact) mass is 291 g/mol. The first-order valence-electron chi connectivity index (χ1n) is 6.30. The number of rotatable bonds is 4. The van der Waals surface area contributed by atoms with Gasteiger partial charge in [0, 0.05) is 13.1 Å². The molecular weight excluding hydrogens is 274 g/mol. The molecular formula is C15H17NO5. The number of nitrogens with one attached hydrogen (secondary N) is 1. The number of benzene rings is 2. The topological polar surface area (TPSA) is 107 Å². The molecule has 0 heterocycles. The molecule has 6 nitrogen and oxygen atoms in total. The quantitative estimate of drug-likeness (QED) is 0.496. The van der Waals surface area contributed by atoms with Crippen LogP contribution >= 0.6 is 0 Å². The summed E-state index contributed by atoms with van der Waals surface area (Å²) < 4.78 is 0. The molecule has 0 aliphatic rings. The standard InChI is InChI=1S/C13H15NO.C2H2O4/c15-9-8-14-10-12-6-3-5-11-4-1-2-7-13(11)12;3-1(4)2(5)6/h1-7,14-15H,8-10H2;(H,3,4)(H,5,6). The summed E-state index contributed by atoms with van der Waals surface area (Å²) in [5.41, 5.74) is 1.28. The smallest absolute Gasteiger partial charge is 0.414 e. The van der Waals surface area contributed by atoms with Gasteiger partial charge in [0.15, 0.2) is 0 Å². The first-order chi connectivity index (χ1) is 10.1. The minimum atomic E-state index is -1.82. The average molecular weight is 291 g/mol. The van der Waals surface area contributed by atoms with Crippen LogP contribution in [0.15, 0.2) is 42.5 Å². The molecule has 0 atom stereocenters. The molecule has 21 heavy (non-hydrogen) atoms. The van der Waals surface area contributed by atoms with Crippen LogP contribution in [-0.4, -0.2) is 40.4 Å². The Morgan fingerprint density at radius 2 is 1.57 bits per heavy atom. The normalized spacial score (nSPS) is 9.76. The van der Waals surface area contributed by atoms with Crippen molar-refractivity contribution in [2.45, 2.75) is 6.54 Å². The van der Waals surface area contributed by atoms with Crippen molar-refractivity contribution < 1.29 is 24.9 Å². The van der Waals surface area contributed by atoms with Crippen LogP contribution in [0.1, 0.15) is 5.56 Å². The molecule has 0 aromatic heterocycles. The summed E-state index contributed by atoms with van der Waals surface area (Å²) in [4.78, 5) is 18.2. The molecule has 4 N–H and O–H groups in total. The maximum absolute atomic E-state index is 9.10. The van der Waals surface area contributed by atoms with E-state index in [0.717, 1.165) is 6.54 Å². The molecule has 0 saturated carbocycles. The van der Waals surface area contributed by atoms with Crippen LogP contribution in [-0.2, 0) is 16.1 Å². The van der Waals surface area contributed by atoms with Gasteiger partial charge in [-0.1, -0.05) is 42.5 Å². The lowest BCUT2D eigenvalue weighted by Crippen LogP contribution is -2.17. The predicted molar refractivity (Wildman–Crippen MR) is 78.0 cm³/mol. The molecule has 0 radical (unpaired) electrons. The molecule has 0 spiro atoms. The van der Waals surface area contributed by atoms with E-state index in [9.17, 15) is 0 Å². The van der Waals surface area contributed by atoms with E-state index >= 15 is 0 Å². The summed E-state index contributed by atoms with van der Waals surface area (Å²) in [6.07, 6.45) is 0. The molecule has 0 unspecified atom stereocenters. The number of carboxylic acids is 2. The maximum Gasteiger partial charge on any atom is 0.414 e. The summed E-state index contributed by atoms with van der Waals surface area (Å²) in [7, 11) is 0. The highest BCUT2D eigenvalue weighted by Gasteiger charge is 2.04. The summed E-state index contributed by atoms with van der Waals surface area (Å²) in [5, 5.41) is 29.2. The highest BCUT2D eigenvalue weighted by Crippen LogP contribution is 2.17. The Hall–Kier alpha value is -2.44. The summed E-state index contributed by atoms with van der Waals surface area (Å²) in [6, 6.07) is 14.6. The van der Waals surface area contributed by atoms with Crippen molar-refractivity contribution in [2.24, 2.45) is 0 Å². The lowest BCUT2D eigenvalue weighted by atomic mass is 10.0. The Morgan fingerprint density at radius 3 is 2.19 bits per heavy atom. The zero-order chi connectivity index (χ0) is 15.7. The number of carbonyl (C=O) groups is 2. The first kappa shape index (κ1) is 16.6. The van der Waals surface area contributed by atoms with Crippen LogP contribution in [0.4, 0.5) is 0 Å². The van der Waals surface area contributed by atoms with Gasteiger partial charge in [0.05, 0.1) is 6.61 Å². The van der Waals surface area contributed by atoms with Crippen molar-refractivity contribution in [3.8, 4) is 0 Å². The van der Waals surface area contributed by atoms with Gasteiger partial charge in [-0.2, -0.15) is 0 Å². The largest absolute Gasteiger partial charge is 0.473 e. The van der Waals surface area contributed by atoms with Gasteiger partial charge in [-0.3, -0.25) is 0 Å². The second-order valence-electron chi connectivity index (χ2n) is 4.15. The van der Waals surface area contributed by atoms with Gasteiger partial charge in [-0.05, 0) is 16.3 Å². The fourth-order valence-corrected chi connectivity index (χ4v) is 1.75. The van der Waals surface area contributed by atoms with Crippen molar-refractivity contribution in [3.05, 3.63) is 48.0 Å². The Labute approximate surface area is 121 Å². The lowest BCUT2D eigenvalue weighted by molar-refractivity contribution is -0.159. The number of aliphatic carboxylic acids is 2. The summed E-state index contributed by atoms with van der Waals surface area (Å²) in [6.45, 7) is 1.63. The van der Waals surface area contributed by atoms with Crippen LogP contribution in [0, 0.1) is 0 Å². The van der Waals surface area contributed by atoms with Gasteiger partial charge in [-0.15, -0.1) is 0 Å². The summed E-state index contributed by atoms with van der Waals surface area (Å²) in [5.74, 6) is -3.65. The molecule has 0 amide bonds. The van der Waals surface area contributed by atoms with Crippen LogP contribution in [0.5, 0.6) is 0 Å². The SMILES string of the molecule is O=C(O)C(=O)O.OCCNCc1cccc2ccccc12. The molecule has 2 aromatic carbocycles. The number of hydrogen-bond acceptors (Lipinski definition) is 4. The second kappa shape index (κ2) is 8.68. The average Bonchev–Trinajstić information content (AvgIpc) is 2.48. The van der Waals surface area contributed by atoms with Crippen molar-refractivity contribution in [2.75, 3.05) is 13.2 Å². The fraction of sp³-hybridized carbons (Fsp3) is 0.200. The molecule has 6 heteroatoms. The third-order valence-corrected chi connectivity index (χ3v) is 2.67. The number of hydrogen-bond donors (Lipinski definition) is 4. The van der Waals surface area contributed by atoms with E-state index in [2.05, 4.69) is 41.7 Å². The molecule has 0 saturated heterocycles. The minimum Gasteiger partial charge on any atom is -0.473 e. The number of fused-ring (bicyclic) bond motifs is 1. The highest BCUT2D eigenvalue weighted by molar-refractivity contribution is 6.27. The fourth-order valence-electron chi connectivity index (χ4n) is 1.75. The van der Waals surface area contributed by atoms with Crippen molar-refractivity contribution in [1.82, 2.24) is 5.32 Å². The molecule has 2 rings (SSSR count). The first-order valence-corrected chi connectivity index (χ1v) is 6.30. The van der Waals surface area contributed by atoms with Crippen LogP contribution in [0.2, 0.25) is 0 Å². The zero-order valence-corrected chi connectivity index (χ0v) is 11.3. The van der Waals surface area contributed by atoms with E-state index in [1.807, 2.05) is 6.07 Å². The van der Waals surface area contributed by atoms with Crippen LogP contribution < -0.4 is 5.32 Å². The number of aliphatic hydroxyl groups is 1. The van der Waals surface area contributed by atoms with Gasteiger partial charge in [0.1, 0.15) is 0 Å². The maximum atomic E-state index is 9.10. The molecule has 112 valence electrons. The zero-order valence-electron chi connectivity index (χ0n) is 11.3. The predicted octanol–water partition coefficient (Wildman–Crippen LogP) is 1.08. The second-order valence-corrected chi connectivity index (χ2v) is 4.15. The Balaban J connectivity index is 0.000000315. The molecule has 0 aliphatic carbocycles. The van der Waals surface area contributed by atoms with E-state index in [1.54, 1.807) is 0 Å². The Kier molecular flexibility index (Phi) is 6.86. The molecule has 0 bridgehead atoms. The van der Waals surface area contributed by atoms with Gasteiger partial charge in [0.2, 0.25) is 0 Å². The van der Waals surface area contributed by atoms with Gasteiger partial charge in [-0.25, -0.2) is 9.59 Å². The van der Waals surface area contributed by atoms with E-state index < -0.39 is 11.9 Å². The number of aliphatic hydroxyl groups excluding tert-OH is 1. The Morgan fingerprint density at radius 1 is 0.952 bits per heavy atom. The van der Waals surface area contributed by atoms with E-state index in [-0.39, 0.29) is 6.61 Å². The third kappa shape index (κ3) is 5.60. The van der Waals surface area contributed by atoms with E-state index in [4.69, 9.17) is 24.9 Å². The third-order valence-electron chi connectivity index (χ3n) is 2.67. The molecule has 0 aliphatic heterocycles. The minimum absolute atomic E-state index is 0.185. The lowest BCUT2D eigenvalue weighted by Gasteiger charge is -2.06. The Bertz CT molecular complexity index is 595. The van der Waals surface area contributed by atoms with E-state index in [1.165, 1.54) is 16.3 Å². The highest BCUT2D eigenvalue weighted by atomic mass is 16.4. The van der Waals surface area contributed by atoms with Gasteiger partial charge >= 0.3 is 11.9 Å². The van der Waals surface area contributed by atoms with Crippen molar-refractivity contribution >= 4 is 22.7 Å². The van der Waals surface area contributed by atoms with Crippen molar-refractivity contribution in [1.29, 1.82) is 0 Å². The van der Waals surface area contributed by atoms with Gasteiger partial charge in [0.25, 0.3) is 0 Å². The van der Waals surface area contributed by atoms with Crippen molar-refractivity contribution in [3.63, 3.8) is 0 Å². The number of carboxylic acid groups (broad SMARTS) is 2. The van der Waals surface area contributed by atoms with Gasteiger partial charge < -0.3 is 20.6 Å².